The minimum absolute atomic E-state index is 0.106. The molecule has 0 unspecified atom stereocenters. The number of rotatable bonds is 7. The Bertz CT molecular complexity index is 1140. The first-order chi connectivity index (χ1) is 15.5. The van der Waals surface area contributed by atoms with Gasteiger partial charge in [0.25, 0.3) is 0 Å². The van der Waals surface area contributed by atoms with Crippen LogP contribution in [0.3, 0.4) is 0 Å². The van der Waals surface area contributed by atoms with Crippen molar-refractivity contribution in [1.82, 2.24) is 9.88 Å². The molecule has 3 aromatic rings. The summed E-state index contributed by atoms with van der Waals surface area (Å²) in [5.74, 6) is -0.0891. The zero-order valence-corrected chi connectivity index (χ0v) is 17.5. The van der Waals surface area contributed by atoms with E-state index in [4.69, 9.17) is 19.6 Å². The number of fused-ring (bicyclic) bond motifs is 1. The van der Waals surface area contributed by atoms with Crippen LogP contribution < -0.4 is 16.1 Å². The molecule has 1 aliphatic rings. The Labute approximate surface area is 183 Å². The van der Waals surface area contributed by atoms with Gasteiger partial charge >= 0.3 is 11.7 Å². The fraction of sp³-hybridized carbons (Fsp3) is 0.348. The minimum Gasteiger partial charge on any atom is -0.492 e. The first-order valence-electron chi connectivity index (χ1n) is 10.5. The normalized spacial score (nSPS) is 15.0. The number of halogens is 1. The molecule has 0 saturated carbocycles. The lowest BCUT2D eigenvalue weighted by Gasteiger charge is -2.31. The molecule has 0 atom stereocenters. The SMILES string of the molecule is NC(=O)OC1CCN(CCCOc2cc(=O)oc3cc(-c4ccc(F)nc4)ccc23)CC1. The van der Waals surface area contributed by atoms with Gasteiger partial charge in [-0.15, -0.1) is 0 Å². The monoisotopic (exact) mass is 441 g/mol. The van der Waals surface area contributed by atoms with Gasteiger partial charge in [-0.25, -0.2) is 14.6 Å². The van der Waals surface area contributed by atoms with E-state index < -0.39 is 17.7 Å². The summed E-state index contributed by atoms with van der Waals surface area (Å²) < 4.78 is 29.4. The van der Waals surface area contributed by atoms with Crippen molar-refractivity contribution in [2.24, 2.45) is 5.73 Å². The Morgan fingerprint density at radius 1 is 1.19 bits per heavy atom. The molecule has 0 bridgehead atoms. The number of piperidine rings is 1. The van der Waals surface area contributed by atoms with Crippen LogP contribution in [0.5, 0.6) is 5.75 Å². The molecule has 0 aliphatic carbocycles. The van der Waals surface area contributed by atoms with Gasteiger partial charge in [0.2, 0.25) is 5.95 Å². The molecular formula is C23H24FN3O5. The average molecular weight is 441 g/mol. The zero-order valence-electron chi connectivity index (χ0n) is 17.5. The van der Waals surface area contributed by atoms with Crippen molar-refractivity contribution in [3.63, 3.8) is 0 Å². The topological polar surface area (TPSA) is 108 Å². The Hall–Kier alpha value is -3.46. The maximum Gasteiger partial charge on any atom is 0.404 e. The number of amides is 1. The van der Waals surface area contributed by atoms with Gasteiger partial charge < -0.3 is 24.5 Å². The van der Waals surface area contributed by atoms with Gasteiger partial charge in [0.15, 0.2) is 0 Å². The lowest BCUT2D eigenvalue weighted by Crippen LogP contribution is -2.39. The Balaban J connectivity index is 1.35. The van der Waals surface area contributed by atoms with Crippen molar-refractivity contribution in [3.05, 3.63) is 59.0 Å². The number of hydrogen-bond donors (Lipinski definition) is 1. The lowest BCUT2D eigenvalue weighted by molar-refractivity contribution is 0.0549. The molecule has 1 aromatic carbocycles. The number of likely N-dealkylation sites (tertiary alicyclic amines) is 1. The summed E-state index contributed by atoms with van der Waals surface area (Å²) >= 11 is 0. The lowest BCUT2D eigenvalue weighted by atomic mass is 10.1. The van der Waals surface area contributed by atoms with Crippen LogP contribution in [0.1, 0.15) is 19.3 Å². The molecule has 168 valence electrons. The summed E-state index contributed by atoms with van der Waals surface area (Å²) in [5.41, 5.74) is 6.43. The first-order valence-corrected chi connectivity index (χ1v) is 10.5. The van der Waals surface area contributed by atoms with Crippen LogP contribution in [0.25, 0.3) is 22.1 Å². The third-order valence-corrected chi connectivity index (χ3v) is 5.46. The van der Waals surface area contributed by atoms with Crippen molar-refractivity contribution in [3.8, 4) is 16.9 Å². The second-order valence-corrected chi connectivity index (χ2v) is 7.69. The third-order valence-electron chi connectivity index (χ3n) is 5.46. The molecule has 0 radical (unpaired) electrons. The summed E-state index contributed by atoms with van der Waals surface area (Å²) in [6.45, 7) is 2.94. The molecule has 1 fully saturated rings. The Morgan fingerprint density at radius 3 is 2.69 bits per heavy atom. The molecule has 9 heteroatoms. The second-order valence-electron chi connectivity index (χ2n) is 7.69. The molecule has 3 heterocycles. The first kappa shape index (κ1) is 21.8. The maximum absolute atomic E-state index is 13.1. The summed E-state index contributed by atoms with van der Waals surface area (Å²) in [7, 11) is 0. The number of nitrogens with zero attached hydrogens (tertiary/aromatic N) is 2. The van der Waals surface area contributed by atoms with Crippen LogP contribution in [0.4, 0.5) is 9.18 Å². The molecule has 1 amide bonds. The van der Waals surface area contributed by atoms with E-state index in [1.165, 1.54) is 18.3 Å². The van der Waals surface area contributed by atoms with Gasteiger partial charge in [0, 0.05) is 31.4 Å². The van der Waals surface area contributed by atoms with Crippen LogP contribution in [-0.2, 0) is 4.74 Å². The van der Waals surface area contributed by atoms with E-state index in [2.05, 4.69) is 9.88 Å². The van der Waals surface area contributed by atoms with E-state index in [9.17, 15) is 14.0 Å². The van der Waals surface area contributed by atoms with Gasteiger partial charge in [0.1, 0.15) is 17.4 Å². The molecule has 2 aromatic heterocycles. The zero-order chi connectivity index (χ0) is 22.5. The molecule has 0 spiro atoms. The molecule has 1 aliphatic heterocycles. The highest BCUT2D eigenvalue weighted by molar-refractivity contribution is 5.87. The van der Waals surface area contributed by atoms with Gasteiger partial charge in [-0.05, 0) is 49.1 Å². The van der Waals surface area contributed by atoms with Crippen molar-refractivity contribution in [2.45, 2.75) is 25.4 Å². The van der Waals surface area contributed by atoms with Crippen LogP contribution in [0.2, 0.25) is 0 Å². The maximum atomic E-state index is 13.1. The molecular weight excluding hydrogens is 417 g/mol. The van der Waals surface area contributed by atoms with Crippen molar-refractivity contribution < 1.29 is 23.1 Å². The fourth-order valence-corrected chi connectivity index (χ4v) is 3.86. The fourth-order valence-electron chi connectivity index (χ4n) is 3.86. The number of benzene rings is 1. The highest BCUT2D eigenvalue weighted by Crippen LogP contribution is 2.29. The van der Waals surface area contributed by atoms with Crippen molar-refractivity contribution in [2.75, 3.05) is 26.2 Å². The molecule has 2 N–H and O–H groups in total. The van der Waals surface area contributed by atoms with Crippen LogP contribution >= 0.6 is 0 Å². The van der Waals surface area contributed by atoms with E-state index in [-0.39, 0.29) is 6.10 Å². The van der Waals surface area contributed by atoms with Gasteiger partial charge in [-0.3, -0.25) is 0 Å². The highest BCUT2D eigenvalue weighted by Gasteiger charge is 2.21. The van der Waals surface area contributed by atoms with E-state index >= 15 is 0 Å². The predicted octanol–water partition coefficient (Wildman–Crippen LogP) is 3.32. The highest BCUT2D eigenvalue weighted by atomic mass is 19.1. The number of hydrogen-bond acceptors (Lipinski definition) is 7. The Kier molecular flexibility index (Phi) is 6.65. The molecule has 1 saturated heterocycles. The third kappa shape index (κ3) is 5.42. The van der Waals surface area contributed by atoms with Crippen molar-refractivity contribution >= 4 is 17.1 Å². The minimum atomic E-state index is -0.724. The smallest absolute Gasteiger partial charge is 0.404 e. The Morgan fingerprint density at radius 2 is 1.97 bits per heavy atom. The quantitative estimate of drug-likeness (QED) is 0.340. The van der Waals surface area contributed by atoms with Crippen molar-refractivity contribution in [1.29, 1.82) is 0 Å². The van der Waals surface area contributed by atoms with E-state index in [0.717, 1.165) is 44.5 Å². The van der Waals surface area contributed by atoms with E-state index in [1.54, 1.807) is 12.1 Å². The number of carbonyl (C=O) groups excluding carboxylic acids is 1. The number of primary amides is 1. The van der Waals surface area contributed by atoms with Crippen LogP contribution in [0.15, 0.2) is 51.8 Å². The van der Waals surface area contributed by atoms with Crippen LogP contribution in [0, 0.1) is 5.95 Å². The molecule has 8 nitrogen and oxygen atoms in total. The average Bonchev–Trinajstić information content (AvgIpc) is 2.77. The summed E-state index contributed by atoms with van der Waals surface area (Å²) in [5, 5.41) is 0.688. The number of ether oxygens (including phenoxy) is 2. The second kappa shape index (κ2) is 9.78. The number of aromatic nitrogens is 1. The number of nitrogens with two attached hydrogens (primary N) is 1. The van der Waals surface area contributed by atoms with Gasteiger partial charge in [-0.2, -0.15) is 4.39 Å². The van der Waals surface area contributed by atoms with Gasteiger partial charge in [-0.1, -0.05) is 6.07 Å². The number of carbonyl (C=O) groups is 1. The summed E-state index contributed by atoms with van der Waals surface area (Å²) in [4.78, 5) is 28.8. The summed E-state index contributed by atoms with van der Waals surface area (Å²) in [6.07, 6.45) is 2.91. The molecule has 32 heavy (non-hydrogen) atoms. The van der Waals surface area contributed by atoms with Crippen LogP contribution in [-0.4, -0.2) is 48.3 Å². The largest absolute Gasteiger partial charge is 0.492 e. The molecule has 4 rings (SSSR count). The van der Waals surface area contributed by atoms with E-state index in [1.807, 2.05) is 12.1 Å². The summed E-state index contributed by atoms with van der Waals surface area (Å²) in [6, 6.07) is 9.62. The van der Waals surface area contributed by atoms with E-state index in [0.29, 0.717) is 28.9 Å². The predicted molar refractivity (Wildman–Crippen MR) is 116 cm³/mol. The number of pyridine rings is 1. The standard InChI is InChI=1S/C23H24FN3O5/c24-21-5-3-16(14-26-21)15-2-4-18-19(13-22(28)32-20(18)12-15)30-11-1-8-27-9-6-17(7-10-27)31-23(25)29/h2-5,12-14,17H,1,6-11H2,(H2,25,29). The van der Waals surface area contributed by atoms with Gasteiger partial charge in [0.05, 0.1) is 18.1 Å².